The summed E-state index contributed by atoms with van der Waals surface area (Å²) in [5.41, 5.74) is 2.20. The first-order valence-corrected chi connectivity index (χ1v) is 8.99. The zero-order valence-corrected chi connectivity index (χ0v) is 15.2. The van der Waals surface area contributed by atoms with Crippen LogP contribution in [0, 0.1) is 0 Å². The standard InChI is InChI=1S/C21H22N4O2/c1-22-21(24-10-8-15-6-7-19-20(12-15)27-14-26-19)25-13-18-17-5-3-2-4-16(17)9-11-23-18/h2-7,9,11-12H,8,10,13-14H2,1H3,(H2,22,24,25). The number of pyridine rings is 1. The molecule has 0 radical (unpaired) electrons. The van der Waals surface area contributed by atoms with E-state index in [0.717, 1.165) is 41.5 Å². The minimum absolute atomic E-state index is 0.301. The van der Waals surface area contributed by atoms with Crippen molar-refractivity contribution in [3.63, 3.8) is 0 Å². The summed E-state index contributed by atoms with van der Waals surface area (Å²) >= 11 is 0. The van der Waals surface area contributed by atoms with Gasteiger partial charge in [-0.3, -0.25) is 9.98 Å². The molecule has 6 heteroatoms. The molecule has 2 aromatic carbocycles. The van der Waals surface area contributed by atoms with Crippen molar-refractivity contribution in [3.8, 4) is 11.5 Å². The van der Waals surface area contributed by atoms with E-state index in [-0.39, 0.29) is 0 Å². The van der Waals surface area contributed by atoms with E-state index >= 15 is 0 Å². The molecule has 4 rings (SSSR count). The molecule has 0 spiro atoms. The summed E-state index contributed by atoms with van der Waals surface area (Å²) in [7, 11) is 1.77. The zero-order valence-electron chi connectivity index (χ0n) is 15.2. The predicted octanol–water partition coefficient (Wildman–Crippen LogP) is 2.87. The van der Waals surface area contributed by atoms with Gasteiger partial charge < -0.3 is 20.1 Å². The molecule has 138 valence electrons. The van der Waals surface area contributed by atoms with Gasteiger partial charge in [-0.2, -0.15) is 0 Å². The van der Waals surface area contributed by atoms with Crippen LogP contribution in [0.3, 0.4) is 0 Å². The Kier molecular flexibility index (Phi) is 5.05. The second-order valence-corrected chi connectivity index (χ2v) is 6.27. The third kappa shape index (κ3) is 3.95. The minimum atomic E-state index is 0.301. The third-order valence-electron chi connectivity index (χ3n) is 4.55. The van der Waals surface area contributed by atoms with Crippen molar-refractivity contribution in [2.75, 3.05) is 20.4 Å². The van der Waals surface area contributed by atoms with Crippen LogP contribution >= 0.6 is 0 Å². The Bertz CT molecular complexity index is 966. The summed E-state index contributed by atoms with van der Waals surface area (Å²) < 4.78 is 10.8. The van der Waals surface area contributed by atoms with Crippen LogP contribution in [0.25, 0.3) is 10.8 Å². The first kappa shape index (κ1) is 17.1. The summed E-state index contributed by atoms with van der Waals surface area (Å²) in [6.07, 6.45) is 2.71. The molecule has 0 saturated heterocycles. The first-order chi connectivity index (χ1) is 13.3. The Hall–Kier alpha value is -3.28. The molecule has 6 nitrogen and oxygen atoms in total. The molecule has 0 saturated carbocycles. The van der Waals surface area contributed by atoms with E-state index in [1.54, 1.807) is 7.05 Å². The van der Waals surface area contributed by atoms with Gasteiger partial charge in [-0.1, -0.05) is 30.3 Å². The van der Waals surface area contributed by atoms with Crippen molar-refractivity contribution in [1.29, 1.82) is 0 Å². The van der Waals surface area contributed by atoms with Gasteiger partial charge in [-0.05, 0) is 35.6 Å². The number of nitrogens with one attached hydrogen (secondary N) is 2. The average Bonchev–Trinajstić information content (AvgIpc) is 3.18. The number of rotatable bonds is 5. The monoisotopic (exact) mass is 362 g/mol. The molecule has 1 aromatic heterocycles. The van der Waals surface area contributed by atoms with Crippen LogP contribution in [0.4, 0.5) is 0 Å². The van der Waals surface area contributed by atoms with Crippen LogP contribution in [-0.4, -0.2) is 31.3 Å². The maximum absolute atomic E-state index is 5.42. The molecule has 0 atom stereocenters. The number of guanidine groups is 1. The lowest BCUT2D eigenvalue weighted by Gasteiger charge is -2.13. The van der Waals surface area contributed by atoms with Crippen molar-refractivity contribution in [2.24, 2.45) is 4.99 Å². The van der Waals surface area contributed by atoms with Gasteiger partial charge in [-0.15, -0.1) is 0 Å². The fourth-order valence-electron chi connectivity index (χ4n) is 3.13. The highest BCUT2D eigenvalue weighted by molar-refractivity contribution is 5.85. The Labute approximate surface area is 158 Å². The van der Waals surface area contributed by atoms with Crippen molar-refractivity contribution in [3.05, 3.63) is 66.0 Å². The number of ether oxygens (including phenoxy) is 2. The molecule has 1 aliphatic heterocycles. The molecule has 0 fully saturated rings. The molecule has 0 amide bonds. The van der Waals surface area contributed by atoms with Crippen LogP contribution in [0.1, 0.15) is 11.3 Å². The highest BCUT2D eigenvalue weighted by atomic mass is 16.7. The van der Waals surface area contributed by atoms with Gasteiger partial charge in [0.05, 0.1) is 12.2 Å². The lowest BCUT2D eigenvalue weighted by molar-refractivity contribution is 0.174. The fraction of sp³-hybridized carbons (Fsp3) is 0.238. The fourth-order valence-corrected chi connectivity index (χ4v) is 3.13. The van der Waals surface area contributed by atoms with E-state index in [4.69, 9.17) is 9.47 Å². The lowest BCUT2D eigenvalue weighted by Crippen LogP contribution is -2.38. The SMILES string of the molecule is CN=C(NCCc1ccc2c(c1)OCO2)NCc1nccc2ccccc12. The summed E-state index contributed by atoms with van der Waals surface area (Å²) in [6, 6.07) is 16.3. The average molecular weight is 362 g/mol. The van der Waals surface area contributed by atoms with Gasteiger partial charge in [0.2, 0.25) is 6.79 Å². The van der Waals surface area contributed by atoms with Crippen LogP contribution in [-0.2, 0) is 13.0 Å². The van der Waals surface area contributed by atoms with Gasteiger partial charge in [0, 0.05) is 25.2 Å². The maximum atomic E-state index is 5.42. The predicted molar refractivity (Wildman–Crippen MR) is 106 cm³/mol. The number of hydrogen-bond acceptors (Lipinski definition) is 4. The summed E-state index contributed by atoms with van der Waals surface area (Å²) in [6.45, 7) is 1.68. The Morgan fingerprint density at radius 3 is 2.89 bits per heavy atom. The molecule has 1 aliphatic rings. The smallest absolute Gasteiger partial charge is 0.231 e. The van der Waals surface area contributed by atoms with Gasteiger partial charge >= 0.3 is 0 Å². The van der Waals surface area contributed by atoms with Gasteiger partial charge in [0.25, 0.3) is 0 Å². The van der Waals surface area contributed by atoms with Crippen molar-refractivity contribution in [2.45, 2.75) is 13.0 Å². The lowest BCUT2D eigenvalue weighted by atomic mass is 10.1. The zero-order chi connectivity index (χ0) is 18.5. The van der Waals surface area contributed by atoms with Crippen LogP contribution in [0.15, 0.2) is 59.7 Å². The number of aromatic nitrogens is 1. The summed E-state index contributed by atoms with van der Waals surface area (Å²) in [5, 5.41) is 9.03. The Morgan fingerprint density at radius 2 is 1.96 bits per heavy atom. The Balaban J connectivity index is 1.32. The molecular weight excluding hydrogens is 340 g/mol. The van der Waals surface area contributed by atoms with E-state index in [1.165, 1.54) is 10.9 Å². The van der Waals surface area contributed by atoms with Crippen molar-refractivity contribution in [1.82, 2.24) is 15.6 Å². The summed E-state index contributed by atoms with van der Waals surface area (Å²) in [4.78, 5) is 8.80. The number of hydrogen-bond donors (Lipinski definition) is 2. The second kappa shape index (κ2) is 7.95. The molecule has 2 heterocycles. The van der Waals surface area contributed by atoms with Crippen LogP contribution < -0.4 is 20.1 Å². The minimum Gasteiger partial charge on any atom is -0.454 e. The van der Waals surface area contributed by atoms with Crippen LogP contribution in [0.2, 0.25) is 0 Å². The highest BCUT2D eigenvalue weighted by Gasteiger charge is 2.13. The molecule has 0 bridgehead atoms. The number of aliphatic imine (C=N–C) groups is 1. The molecule has 0 aliphatic carbocycles. The largest absolute Gasteiger partial charge is 0.454 e. The van der Waals surface area contributed by atoms with Gasteiger partial charge in [0.15, 0.2) is 17.5 Å². The van der Waals surface area contributed by atoms with Crippen molar-refractivity contribution < 1.29 is 9.47 Å². The Morgan fingerprint density at radius 1 is 1.07 bits per heavy atom. The normalized spacial score (nSPS) is 13.0. The van der Waals surface area contributed by atoms with E-state index in [0.29, 0.717) is 13.3 Å². The van der Waals surface area contributed by atoms with Crippen LogP contribution in [0.5, 0.6) is 11.5 Å². The maximum Gasteiger partial charge on any atom is 0.231 e. The van der Waals surface area contributed by atoms with E-state index in [9.17, 15) is 0 Å². The molecule has 2 N–H and O–H groups in total. The second-order valence-electron chi connectivity index (χ2n) is 6.27. The molecule has 3 aromatic rings. The summed E-state index contributed by atoms with van der Waals surface area (Å²) in [5.74, 6) is 2.38. The number of benzene rings is 2. The van der Waals surface area contributed by atoms with Crippen molar-refractivity contribution >= 4 is 16.7 Å². The van der Waals surface area contributed by atoms with Gasteiger partial charge in [0.1, 0.15) is 0 Å². The van der Waals surface area contributed by atoms with Gasteiger partial charge in [-0.25, -0.2) is 0 Å². The first-order valence-electron chi connectivity index (χ1n) is 8.99. The molecule has 27 heavy (non-hydrogen) atoms. The number of nitrogens with zero attached hydrogens (tertiary/aromatic N) is 2. The number of fused-ring (bicyclic) bond motifs is 2. The van der Waals surface area contributed by atoms with E-state index < -0.39 is 0 Å². The molecule has 0 unspecified atom stereocenters. The van der Waals surface area contributed by atoms with E-state index in [1.807, 2.05) is 36.5 Å². The quantitative estimate of drug-likeness (QED) is 0.540. The van der Waals surface area contributed by atoms with E-state index in [2.05, 4.69) is 38.8 Å². The molecular formula is C21H22N4O2. The topological polar surface area (TPSA) is 67.8 Å². The third-order valence-corrected chi connectivity index (χ3v) is 4.55. The highest BCUT2D eigenvalue weighted by Crippen LogP contribution is 2.32.